The number of benzene rings is 2. The lowest BCUT2D eigenvalue weighted by atomic mass is 9.74. The first kappa shape index (κ1) is 23.9. The molecule has 8 heteroatoms. The van der Waals surface area contributed by atoms with E-state index in [-0.39, 0.29) is 11.7 Å². The normalized spacial score (nSPS) is 17.7. The van der Waals surface area contributed by atoms with Gasteiger partial charge in [-0.1, -0.05) is 12.1 Å². The molecule has 1 atom stereocenters. The molecule has 1 aliphatic carbocycles. The van der Waals surface area contributed by atoms with Gasteiger partial charge in [0.2, 0.25) is 0 Å². The van der Waals surface area contributed by atoms with Crippen LogP contribution in [0, 0.1) is 0 Å². The minimum absolute atomic E-state index is 0.0257. The molecule has 2 aromatic rings. The van der Waals surface area contributed by atoms with Gasteiger partial charge >= 0.3 is 0 Å². The standard InChI is InChI=1S/C26H27BrN2O5/c1-14-23(26(31)29-17-8-5-6-11-20(17)32-2)24(25-18(28-14)9-7-10-19(25)30)15-12-22(34-4)16(27)13-21(15)33-3/h5-6,8,11-13,24,28H,7,9-10H2,1-4H3,(H,29,31). The number of hydrogen-bond acceptors (Lipinski definition) is 6. The fourth-order valence-corrected chi connectivity index (χ4v) is 5.13. The van der Waals surface area contributed by atoms with Gasteiger partial charge in [0, 0.05) is 34.5 Å². The second-order valence-corrected chi connectivity index (χ2v) is 9.00. The number of dihydropyridines is 1. The van der Waals surface area contributed by atoms with Crippen molar-refractivity contribution >= 4 is 33.3 Å². The Morgan fingerprint density at radius 2 is 1.74 bits per heavy atom. The van der Waals surface area contributed by atoms with E-state index in [0.717, 1.165) is 23.0 Å². The molecular weight excluding hydrogens is 500 g/mol. The summed E-state index contributed by atoms with van der Waals surface area (Å²) in [6.07, 6.45) is 1.95. The number of anilines is 1. The molecule has 34 heavy (non-hydrogen) atoms. The highest BCUT2D eigenvalue weighted by atomic mass is 79.9. The molecule has 0 saturated carbocycles. The summed E-state index contributed by atoms with van der Waals surface area (Å²) < 4.78 is 17.4. The van der Waals surface area contributed by atoms with Gasteiger partial charge in [-0.25, -0.2) is 0 Å². The van der Waals surface area contributed by atoms with E-state index in [2.05, 4.69) is 26.6 Å². The van der Waals surface area contributed by atoms with Crippen LogP contribution in [0.4, 0.5) is 5.69 Å². The Morgan fingerprint density at radius 1 is 1.03 bits per heavy atom. The maximum Gasteiger partial charge on any atom is 0.254 e. The number of carbonyl (C=O) groups excluding carboxylic acids is 2. The van der Waals surface area contributed by atoms with Gasteiger partial charge in [0.15, 0.2) is 5.78 Å². The number of ether oxygens (including phenoxy) is 3. The predicted molar refractivity (Wildman–Crippen MR) is 133 cm³/mol. The molecular formula is C26H27BrN2O5. The molecule has 2 N–H and O–H groups in total. The summed E-state index contributed by atoms with van der Waals surface area (Å²) in [6.45, 7) is 1.86. The quantitative estimate of drug-likeness (QED) is 0.545. The van der Waals surface area contributed by atoms with E-state index in [9.17, 15) is 9.59 Å². The summed E-state index contributed by atoms with van der Waals surface area (Å²) in [5, 5.41) is 6.31. The number of amides is 1. The van der Waals surface area contributed by atoms with Crippen LogP contribution in [0.3, 0.4) is 0 Å². The van der Waals surface area contributed by atoms with E-state index in [1.165, 1.54) is 0 Å². The number of ketones is 1. The smallest absolute Gasteiger partial charge is 0.254 e. The van der Waals surface area contributed by atoms with Crippen molar-refractivity contribution in [2.75, 3.05) is 26.6 Å². The minimum atomic E-state index is -0.615. The van der Waals surface area contributed by atoms with Gasteiger partial charge in [-0.15, -0.1) is 0 Å². The zero-order valence-corrected chi connectivity index (χ0v) is 21.2. The number of allylic oxidation sites excluding steroid dienone is 3. The van der Waals surface area contributed by atoms with Crippen molar-refractivity contribution in [1.82, 2.24) is 5.32 Å². The summed E-state index contributed by atoms with van der Waals surface area (Å²) in [7, 11) is 4.70. The molecule has 1 unspecified atom stereocenters. The molecule has 0 bridgehead atoms. The Hall–Kier alpha value is -3.26. The Bertz CT molecular complexity index is 1220. The van der Waals surface area contributed by atoms with Crippen molar-refractivity contribution < 1.29 is 23.8 Å². The average Bonchev–Trinajstić information content (AvgIpc) is 2.83. The van der Waals surface area contributed by atoms with Crippen LogP contribution in [0.25, 0.3) is 0 Å². The van der Waals surface area contributed by atoms with Crippen LogP contribution in [0.5, 0.6) is 17.2 Å². The van der Waals surface area contributed by atoms with Gasteiger partial charge in [0.1, 0.15) is 17.2 Å². The van der Waals surface area contributed by atoms with Crippen molar-refractivity contribution in [3.63, 3.8) is 0 Å². The van der Waals surface area contributed by atoms with Crippen LogP contribution in [0.15, 0.2) is 63.4 Å². The molecule has 0 fully saturated rings. The van der Waals surface area contributed by atoms with Crippen LogP contribution < -0.4 is 24.8 Å². The molecule has 0 spiro atoms. The summed E-state index contributed by atoms with van der Waals surface area (Å²) in [5.74, 6) is 0.773. The Morgan fingerprint density at radius 3 is 2.44 bits per heavy atom. The van der Waals surface area contributed by atoms with Crippen LogP contribution in [-0.4, -0.2) is 33.0 Å². The Labute approximate surface area is 207 Å². The molecule has 178 valence electrons. The summed E-state index contributed by atoms with van der Waals surface area (Å²) in [5.41, 5.74) is 3.83. The molecule has 1 amide bonds. The van der Waals surface area contributed by atoms with Gasteiger partial charge in [-0.2, -0.15) is 0 Å². The number of carbonyl (C=O) groups is 2. The first-order valence-corrected chi connectivity index (χ1v) is 11.8. The molecule has 1 aliphatic heterocycles. The van der Waals surface area contributed by atoms with Gasteiger partial charge in [0.05, 0.1) is 37.4 Å². The van der Waals surface area contributed by atoms with Crippen molar-refractivity contribution in [1.29, 1.82) is 0 Å². The highest BCUT2D eigenvalue weighted by Crippen LogP contribution is 2.47. The Kier molecular flexibility index (Phi) is 6.97. The third-order valence-corrected chi connectivity index (χ3v) is 6.81. The zero-order chi connectivity index (χ0) is 24.4. The third-order valence-electron chi connectivity index (χ3n) is 6.19. The highest BCUT2D eigenvalue weighted by molar-refractivity contribution is 9.10. The molecule has 2 aliphatic rings. The predicted octanol–water partition coefficient (Wildman–Crippen LogP) is 5.08. The zero-order valence-electron chi connectivity index (χ0n) is 19.6. The van der Waals surface area contributed by atoms with E-state index >= 15 is 0 Å². The van der Waals surface area contributed by atoms with E-state index in [0.29, 0.717) is 51.8 Å². The van der Waals surface area contributed by atoms with Gasteiger partial charge in [-0.05, 0) is 60.0 Å². The molecule has 1 heterocycles. The van der Waals surface area contributed by atoms with Crippen molar-refractivity contribution in [2.45, 2.75) is 32.1 Å². The lowest BCUT2D eigenvalue weighted by Crippen LogP contribution is -2.35. The topological polar surface area (TPSA) is 85.9 Å². The summed E-state index contributed by atoms with van der Waals surface area (Å²) in [4.78, 5) is 27.0. The Balaban J connectivity index is 1.88. The number of hydrogen-bond donors (Lipinski definition) is 2. The molecule has 4 rings (SSSR count). The van der Waals surface area contributed by atoms with E-state index in [1.807, 2.05) is 25.1 Å². The fourth-order valence-electron chi connectivity index (χ4n) is 4.64. The molecule has 0 saturated heterocycles. The number of rotatable bonds is 6. The van der Waals surface area contributed by atoms with Crippen molar-refractivity contribution in [3.05, 3.63) is 69.0 Å². The first-order valence-electron chi connectivity index (χ1n) is 11.0. The maximum atomic E-state index is 13.8. The van der Waals surface area contributed by atoms with Crippen LogP contribution >= 0.6 is 15.9 Å². The third kappa shape index (κ3) is 4.30. The fraction of sp³-hybridized carbons (Fsp3) is 0.308. The highest BCUT2D eigenvalue weighted by Gasteiger charge is 2.40. The SMILES string of the molecule is COc1cc(C2C(C(=O)Nc3ccccc3OC)=C(C)NC3=C2C(=O)CCC3)c(OC)cc1Br. The van der Waals surface area contributed by atoms with Gasteiger partial charge in [-0.3, -0.25) is 9.59 Å². The van der Waals surface area contributed by atoms with Crippen LogP contribution in [-0.2, 0) is 9.59 Å². The van der Waals surface area contributed by atoms with Crippen molar-refractivity contribution in [3.8, 4) is 17.2 Å². The maximum absolute atomic E-state index is 13.8. The monoisotopic (exact) mass is 526 g/mol. The number of methoxy groups -OCH3 is 3. The summed E-state index contributed by atoms with van der Waals surface area (Å²) >= 11 is 3.50. The number of halogens is 1. The van der Waals surface area contributed by atoms with Crippen LogP contribution in [0.2, 0.25) is 0 Å². The molecule has 0 aromatic heterocycles. The summed E-state index contributed by atoms with van der Waals surface area (Å²) in [6, 6.07) is 10.8. The first-order chi connectivity index (χ1) is 16.4. The molecule has 7 nitrogen and oxygen atoms in total. The minimum Gasteiger partial charge on any atom is -0.496 e. The van der Waals surface area contributed by atoms with E-state index < -0.39 is 5.92 Å². The van der Waals surface area contributed by atoms with Crippen LogP contribution in [0.1, 0.15) is 37.7 Å². The lowest BCUT2D eigenvalue weighted by molar-refractivity contribution is -0.116. The van der Waals surface area contributed by atoms with Gasteiger partial charge < -0.3 is 24.8 Å². The number of Topliss-reactive ketones (excluding diaryl/α,β-unsaturated/α-hetero) is 1. The molecule has 0 radical (unpaired) electrons. The lowest BCUT2D eigenvalue weighted by Gasteiger charge is -2.35. The number of para-hydroxylation sites is 2. The van der Waals surface area contributed by atoms with Crippen molar-refractivity contribution in [2.24, 2.45) is 0 Å². The molecule has 2 aromatic carbocycles. The number of nitrogens with one attached hydrogen (secondary N) is 2. The van der Waals surface area contributed by atoms with Gasteiger partial charge in [0.25, 0.3) is 5.91 Å². The van der Waals surface area contributed by atoms with E-state index in [4.69, 9.17) is 14.2 Å². The average molecular weight is 527 g/mol. The second-order valence-electron chi connectivity index (χ2n) is 8.15. The second kappa shape index (κ2) is 9.93. The van der Waals surface area contributed by atoms with E-state index in [1.54, 1.807) is 39.5 Å². The largest absolute Gasteiger partial charge is 0.496 e.